The number of nitrogens with one attached hydrogen (secondary N) is 2. The Hall–Kier alpha value is -1.81. The van der Waals surface area contributed by atoms with E-state index < -0.39 is 0 Å². The standard InChI is InChI=1S/C19H30N4/c1-5-12-21-18(20-6-2)22-15-19(3,4)23-13-11-16-9-7-8-10-17(16)14-23/h5,7-10H,1,6,11-15H2,2-4H3,(H2,20,21,22). The molecule has 4 nitrogen and oxygen atoms in total. The molecule has 126 valence electrons. The van der Waals surface area contributed by atoms with Crippen LogP contribution >= 0.6 is 0 Å². The highest BCUT2D eigenvalue weighted by Gasteiger charge is 2.29. The Morgan fingerprint density at radius 1 is 1.30 bits per heavy atom. The van der Waals surface area contributed by atoms with Gasteiger partial charge in [0.25, 0.3) is 0 Å². The van der Waals surface area contributed by atoms with E-state index in [4.69, 9.17) is 4.99 Å². The van der Waals surface area contributed by atoms with Gasteiger partial charge in [0.1, 0.15) is 0 Å². The first-order chi connectivity index (χ1) is 11.1. The average molecular weight is 314 g/mol. The van der Waals surface area contributed by atoms with Gasteiger partial charge in [-0.2, -0.15) is 0 Å². The molecular weight excluding hydrogens is 284 g/mol. The number of nitrogens with zero attached hydrogens (tertiary/aromatic N) is 2. The molecule has 1 aliphatic heterocycles. The highest BCUT2D eigenvalue weighted by atomic mass is 15.2. The van der Waals surface area contributed by atoms with Gasteiger partial charge in [0.2, 0.25) is 0 Å². The van der Waals surface area contributed by atoms with Crippen LogP contribution in [0.4, 0.5) is 0 Å². The second kappa shape index (κ2) is 8.16. The molecular formula is C19H30N4. The smallest absolute Gasteiger partial charge is 0.191 e. The van der Waals surface area contributed by atoms with Crippen molar-refractivity contribution in [2.45, 2.75) is 39.3 Å². The third-order valence-electron chi connectivity index (χ3n) is 4.37. The van der Waals surface area contributed by atoms with Gasteiger partial charge in [0.15, 0.2) is 5.96 Å². The molecule has 0 aliphatic carbocycles. The van der Waals surface area contributed by atoms with Crippen LogP contribution < -0.4 is 10.6 Å². The van der Waals surface area contributed by atoms with Gasteiger partial charge in [0, 0.05) is 31.7 Å². The normalized spacial score (nSPS) is 15.9. The highest BCUT2D eigenvalue weighted by molar-refractivity contribution is 5.79. The van der Waals surface area contributed by atoms with Gasteiger partial charge in [-0.15, -0.1) is 6.58 Å². The Kier molecular flexibility index (Phi) is 6.22. The van der Waals surface area contributed by atoms with E-state index in [1.165, 1.54) is 11.1 Å². The lowest BCUT2D eigenvalue weighted by atomic mass is 9.94. The van der Waals surface area contributed by atoms with E-state index in [1.54, 1.807) is 0 Å². The first-order valence-corrected chi connectivity index (χ1v) is 8.51. The number of fused-ring (bicyclic) bond motifs is 1. The van der Waals surface area contributed by atoms with E-state index in [-0.39, 0.29) is 5.54 Å². The Balaban J connectivity index is 2.02. The van der Waals surface area contributed by atoms with Crippen LogP contribution in [0.2, 0.25) is 0 Å². The van der Waals surface area contributed by atoms with Gasteiger partial charge >= 0.3 is 0 Å². The van der Waals surface area contributed by atoms with Gasteiger partial charge in [-0.05, 0) is 38.3 Å². The maximum atomic E-state index is 4.76. The number of aliphatic imine (C=N–C) groups is 1. The molecule has 1 aromatic carbocycles. The van der Waals surface area contributed by atoms with Crippen molar-refractivity contribution in [2.75, 3.05) is 26.2 Å². The summed E-state index contributed by atoms with van der Waals surface area (Å²) in [5.41, 5.74) is 2.97. The highest BCUT2D eigenvalue weighted by Crippen LogP contribution is 2.25. The third kappa shape index (κ3) is 4.83. The van der Waals surface area contributed by atoms with Gasteiger partial charge < -0.3 is 10.6 Å². The summed E-state index contributed by atoms with van der Waals surface area (Å²) in [7, 11) is 0. The fraction of sp³-hybridized carbons (Fsp3) is 0.526. The summed E-state index contributed by atoms with van der Waals surface area (Å²) < 4.78 is 0. The molecule has 1 heterocycles. The zero-order chi connectivity index (χ0) is 16.7. The average Bonchev–Trinajstić information content (AvgIpc) is 2.57. The first-order valence-electron chi connectivity index (χ1n) is 8.51. The second-order valence-electron chi connectivity index (χ2n) is 6.62. The summed E-state index contributed by atoms with van der Waals surface area (Å²) in [6, 6.07) is 8.77. The maximum Gasteiger partial charge on any atom is 0.191 e. The van der Waals surface area contributed by atoms with Crippen LogP contribution in [0.15, 0.2) is 41.9 Å². The molecule has 0 saturated heterocycles. The van der Waals surface area contributed by atoms with Crippen molar-refractivity contribution in [3.05, 3.63) is 48.0 Å². The van der Waals surface area contributed by atoms with Crippen LogP contribution in [0.5, 0.6) is 0 Å². The largest absolute Gasteiger partial charge is 0.357 e. The summed E-state index contributed by atoms with van der Waals surface area (Å²) >= 11 is 0. The quantitative estimate of drug-likeness (QED) is 0.482. The summed E-state index contributed by atoms with van der Waals surface area (Å²) in [6.45, 7) is 14.8. The molecule has 1 aliphatic rings. The van der Waals surface area contributed by atoms with Crippen molar-refractivity contribution in [3.63, 3.8) is 0 Å². The first kappa shape index (κ1) is 17.5. The van der Waals surface area contributed by atoms with Crippen LogP contribution in [0.25, 0.3) is 0 Å². The Labute approximate surface area is 140 Å². The van der Waals surface area contributed by atoms with Crippen molar-refractivity contribution in [3.8, 4) is 0 Å². The Morgan fingerprint density at radius 3 is 2.74 bits per heavy atom. The van der Waals surface area contributed by atoms with Crippen molar-refractivity contribution in [2.24, 2.45) is 4.99 Å². The minimum absolute atomic E-state index is 0.0318. The lowest BCUT2D eigenvalue weighted by Crippen LogP contribution is -2.49. The van der Waals surface area contributed by atoms with Crippen molar-refractivity contribution >= 4 is 5.96 Å². The lowest BCUT2D eigenvalue weighted by molar-refractivity contribution is 0.112. The zero-order valence-corrected chi connectivity index (χ0v) is 14.7. The predicted molar refractivity (Wildman–Crippen MR) is 98.8 cm³/mol. The number of guanidine groups is 1. The number of hydrogen-bond acceptors (Lipinski definition) is 2. The molecule has 0 radical (unpaired) electrons. The van der Waals surface area contributed by atoms with Crippen molar-refractivity contribution in [1.82, 2.24) is 15.5 Å². The van der Waals surface area contributed by atoms with Gasteiger partial charge in [-0.3, -0.25) is 9.89 Å². The zero-order valence-electron chi connectivity index (χ0n) is 14.7. The van der Waals surface area contributed by atoms with Crippen LogP contribution in [-0.2, 0) is 13.0 Å². The number of hydrogen-bond donors (Lipinski definition) is 2. The van der Waals surface area contributed by atoms with Crippen molar-refractivity contribution in [1.29, 1.82) is 0 Å². The van der Waals surface area contributed by atoms with E-state index in [9.17, 15) is 0 Å². The molecule has 2 rings (SSSR count). The molecule has 23 heavy (non-hydrogen) atoms. The molecule has 1 aromatic rings. The van der Waals surface area contributed by atoms with Gasteiger partial charge in [0.05, 0.1) is 6.54 Å². The van der Waals surface area contributed by atoms with E-state index in [2.05, 4.69) is 67.1 Å². The van der Waals surface area contributed by atoms with Crippen molar-refractivity contribution < 1.29 is 0 Å². The topological polar surface area (TPSA) is 39.7 Å². The second-order valence-corrected chi connectivity index (χ2v) is 6.62. The molecule has 0 unspecified atom stereocenters. The molecule has 0 saturated carbocycles. The fourth-order valence-electron chi connectivity index (χ4n) is 2.90. The molecule has 4 heteroatoms. The van der Waals surface area contributed by atoms with Crippen LogP contribution in [0, 0.1) is 0 Å². The Morgan fingerprint density at radius 2 is 2.04 bits per heavy atom. The van der Waals surface area contributed by atoms with Crippen LogP contribution in [0.1, 0.15) is 31.9 Å². The molecule has 0 spiro atoms. The minimum atomic E-state index is 0.0318. The van der Waals surface area contributed by atoms with E-state index in [1.807, 2.05) is 6.08 Å². The minimum Gasteiger partial charge on any atom is -0.357 e. The maximum absolute atomic E-state index is 4.76. The summed E-state index contributed by atoms with van der Waals surface area (Å²) in [4.78, 5) is 7.30. The lowest BCUT2D eigenvalue weighted by Gasteiger charge is -2.40. The molecule has 0 atom stereocenters. The molecule has 0 amide bonds. The molecule has 2 N–H and O–H groups in total. The molecule has 0 bridgehead atoms. The predicted octanol–water partition coefficient (Wildman–Crippen LogP) is 2.56. The van der Waals surface area contributed by atoms with E-state index >= 15 is 0 Å². The van der Waals surface area contributed by atoms with E-state index in [0.717, 1.165) is 45.1 Å². The SMILES string of the molecule is C=CCNC(=NCC(C)(C)N1CCc2ccccc2C1)NCC. The van der Waals surface area contributed by atoms with Gasteiger partial charge in [-0.25, -0.2) is 0 Å². The van der Waals surface area contributed by atoms with Crippen LogP contribution in [-0.4, -0.2) is 42.6 Å². The monoisotopic (exact) mass is 314 g/mol. The van der Waals surface area contributed by atoms with Gasteiger partial charge in [-0.1, -0.05) is 30.3 Å². The fourth-order valence-corrected chi connectivity index (χ4v) is 2.90. The van der Waals surface area contributed by atoms with Crippen LogP contribution in [0.3, 0.4) is 0 Å². The summed E-state index contributed by atoms with van der Waals surface area (Å²) in [5, 5.41) is 6.54. The summed E-state index contributed by atoms with van der Waals surface area (Å²) in [5.74, 6) is 0.859. The summed E-state index contributed by atoms with van der Waals surface area (Å²) in [6.07, 6.45) is 2.97. The number of benzene rings is 1. The number of rotatable bonds is 6. The third-order valence-corrected chi connectivity index (χ3v) is 4.37. The molecule has 0 aromatic heterocycles. The Bertz CT molecular complexity index is 548. The van der Waals surface area contributed by atoms with E-state index in [0.29, 0.717) is 0 Å². The molecule has 0 fully saturated rings.